The number of rotatable bonds is 3. The van der Waals surface area contributed by atoms with E-state index in [1.807, 2.05) is 4.90 Å². The number of carbonyl (C=O) groups is 2. The van der Waals surface area contributed by atoms with E-state index in [0.29, 0.717) is 38.2 Å². The van der Waals surface area contributed by atoms with E-state index in [1.165, 1.54) is 16.8 Å². The van der Waals surface area contributed by atoms with Crippen LogP contribution >= 0.6 is 0 Å². The van der Waals surface area contributed by atoms with Crippen LogP contribution in [0.5, 0.6) is 0 Å². The Morgan fingerprint density at radius 3 is 2.48 bits per heavy atom. The molecule has 4 rings (SSSR count). The average molecular weight is 460 g/mol. The van der Waals surface area contributed by atoms with Crippen LogP contribution in [0.1, 0.15) is 34.5 Å². The number of nitriles is 1. The Hall–Kier alpha value is -3.55. The van der Waals surface area contributed by atoms with Gasteiger partial charge in [0.25, 0.3) is 5.91 Å². The van der Waals surface area contributed by atoms with Crippen molar-refractivity contribution in [3.8, 4) is 6.07 Å². The Bertz CT molecular complexity index is 1130. The van der Waals surface area contributed by atoms with E-state index in [-0.39, 0.29) is 18.1 Å². The molecule has 2 aliphatic heterocycles. The highest BCUT2D eigenvalue weighted by Crippen LogP contribution is 2.46. The molecule has 1 unspecified atom stereocenters. The lowest BCUT2D eigenvalue weighted by molar-refractivity contribution is -0.137. The SMILES string of the molecule is Cn1ccc(C(=O)N2CC(C(N)=O)C3(CCN(c4ccc(C#N)c(C(F)(F)F)c4)CC3)C2)n1. The van der Waals surface area contributed by atoms with Crippen LogP contribution in [0.15, 0.2) is 30.5 Å². The van der Waals surface area contributed by atoms with Gasteiger partial charge in [-0.15, -0.1) is 0 Å². The summed E-state index contributed by atoms with van der Waals surface area (Å²) >= 11 is 0. The quantitative estimate of drug-likeness (QED) is 0.755. The Kier molecular flexibility index (Phi) is 5.56. The predicted octanol–water partition coefficient (Wildman–Crippen LogP) is 2.15. The first-order valence-electron chi connectivity index (χ1n) is 10.5. The fraction of sp³-hybridized carbons (Fsp3) is 0.455. The van der Waals surface area contributed by atoms with Gasteiger partial charge in [0.05, 0.1) is 23.1 Å². The van der Waals surface area contributed by atoms with Crippen molar-refractivity contribution in [2.24, 2.45) is 24.1 Å². The lowest BCUT2D eigenvalue weighted by Gasteiger charge is -2.42. The summed E-state index contributed by atoms with van der Waals surface area (Å²) in [6.07, 6.45) is -1.98. The summed E-state index contributed by atoms with van der Waals surface area (Å²) in [4.78, 5) is 28.5. The van der Waals surface area contributed by atoms with Gasteiger partial charge in [0.2, 0.25) is 5.91 Å². The van der Waals surface area contributed by atoms with Crippen LogP contribution in [0.3, 0.4) is 0 Å². The molecule has 174 valence electrons. The normalized spacial score (nSPS) is 20.2. The molecule has 1 spiro atoms. The molecule has 11 heteroatoms. The average Bonchev–Trinajstić information content (AvgIpc) is 3.37. The number of nitrogens with zero attached hydrogens (tertiary/aromatic N) is 5. The molecule has 0 bridgehead atoms. The molecule has 1 aromatic carbocycles. The molecule has 0 saturated carbocycles. The largest absolute Gasteiger partial charge is 0.417 e. The molecule has 8 nitrogen and oxygen atoms in total. The number of amides is 2. The summed E-state index contributed by atoms with van der Waals surface area (Å²) in [5, 5.41) is 13.2. The zero-order chi connectivity index (χ0) is 24.0. The maximum absolute atomic E-state index is 13.4. The van der Waals surface area contributed by atoms with Crippen LogP contribution in [0.2, 0.25) is 0 Å². The smallest absolute Gasteiger partial charge is 0.371 e. The molecule has 2 aliphatic rings. The number of likely N-dealkylation sites (tertiary alicyclic amines) is 1. The molecule has 1 atom stereocenters. The zero-order valence-electron chi connectivity index (χ0n) is 18.0. The molecule has 1 aromatic heterocycles. The summed E-state index contributed by atoms with van der Waals surface area (Å²) in [7, 11) is 1.71. The van der Waals surface area contributed by atoms with Crippen molar-refractivity contribution in [1.29, 1.82) is 5.26 Å². The summed E-state index contributed by atoms with van der Waals surface area (Å²) in [5.41, 5.74) is 4.41. The maximum Gasteiger partial charge on any atom is 0.417 e. The molecule has 0 aliphatic carbocycles. The van der Waals surface area contributed by atoms with E-state index in [1.54, 1.807) is 30.3 Å². The number of hydrogen-bond acceptors (Lipinski definition) is 5. The number of alkyl halides is 3. The van der Waals surface area contributed by atoms with Crippen molar-refractivity contribution in [1.82, 2.24) is 14.7 Å². The molecular weight excluding hydrogens is 437 g/mol. The molecule has 2 aromatic rings. The van der Waals surface area contributed by atoms with Gasteiger partial charge in [0, 0.05) is 50.5 Å². The minimum absolute atomic E-state index is 0.194. The fourth-order valence-electron chi connectivity index (χ4n) is 4.98. The van der Waals surface area contributed by atoms with Gasteiger partial charge in [-0.3, -0.25) is 14.3 Å². The van der Waals surface area contributed by atoms with Crippen LogP contribution in [0.4, 0.5) is 18.9 Å². The van der Waals surface area contributed by atoms with Crippen LogP contribution < -0.4 is 10.6 Å². The van der Waals surface area contributed by atoms with Gasteiger partial charge in [-0.05, 0) is 37.1 Å². The van der Waals surface area contributed by atoms with Gasteiger partial charge in [-0.1, -0.05) is 0 Å². The standard InChI is InChI=1S/C22H23F3N6O2/c1-29-7-4-18(28-29)20(33)31-12-17(19(27)32)21(13-31)5-8-30(9-6-21)15-3-2-14(11-26)16(10-15)22(23,24)25/h2-4,7,10,17H,5-6,8-9,12-13H2,1H3,(H2,27,32). The first kappa shape index (κ1) is 22.6. The molecule has 3 heterocycles. The Labute approximate surface area is 188 Å². The van der Waals surface area contributed by atoms with Crippen LogP contribution in [-0.4, -0.2) is 52.7 Å². The van der Waals surface area contributed by atoms with E-state index in [4.69, 9.17) is 11.0 Å². The van der Waals surface area contributed by atoms with Crippen molar-refractivity contribution in [3.63, 3.8) is 0 Å². The Morgan fingerprint density at radius 2 is 1.94 bits per heavy atom. The minimum atomic E-state index is -4.63. The van der Waals surface area contributed by atoms with Gasteiger partial charge >= 0.3 is 6.18 Å². The summed E-state index contributed by atoms with van der Waals surface area (Å²) in [6, 6.07) is 6.87. The highest BCUT2D eigenvalue weighted by molar-refractivity contribution is 5.93. The van der Waals surface area contributed by atoms with Crippen molar-refractivity contribution in [2.75, 3.05) is 31.1 Å². The topological polar surface area (TPSA) is 108 Å². The lowest BCUT2D eigenvalue weighted by atomic mass is 9.70. The number of halogens is 3. The first-order valence-corrected chi connectivity index (χ1v) is 10.5. The Balaban J connectivity index is 1.53. The van der Waals surface area contributed by atoms with Crippen LogP contribution in [-0.2, 0) is 18.0 Å². The second-order valence-corrected chi connectivity index (χ2v) is 8.70. The van der Waals surface area contributed by atoms with E-state index in [0.717, 1.165) is 6.07 Å². The number of benzene rings is 1. The number of primary amides is 1. The summed E-state index contributed by atoms with van der Waals surface area (Å²) in [5.74, 6) is -1.31. The number of nitrogens with two attached hydrogens (primary N) is 1. The van der Waals surface area contributed by atoms with Crippen molar-refractivity contribution < 1.29 is 22.8 Å². The minimum Gasteiger partial charge on any atom is -0.371 e. The number of aromatic nitrogens is 2. The summed E-state index contributed by atoms with van der Waals surface area (Å²) in [6.45, 7) is 1.34. The van der Waals surface area contributed by atoms with Gasteiger partial charge in [-0.25, -0.2) is 0 Å². The molecular formula is C22H23F3N6O2. The predicted molar refractivity (Wildman–Crippen MR) is 112 cm³/mol. The number of hydrogen-bond donors (Lipinski definition) is 1. The Morgan fingerprint density at radius 1 is 1.24 bits per heavy atom. The van der Waals surface area contributed by atoms with Crippen LogP contribution in [0, 0.1) is 22.7 Å². The first-order chi connectivity index (χ1) is 15.5. The molecule has 0 radical (unpaired) electrons. The van der Waals surface area contributed by atoms with Gasteiger partial charge < -0.3 is 15.5 Å². The maximum atomic E-state index is 13.4. The van der Waals surface area contributed by atoms with E-state index in [9.17, 15) is 22.8 Å². The summed E-state index contributed by atoms with van der Waals surface area (Å²) < 4.78 is 41.6. The number of aryl methyl sites for hydroxylation is 1. The monoisotopic (exact) mass is 460 g/mol. The molecule has 2 saturated heterocycles. The van der Waals surface area contributed by atoms with Crippen LogP contribution in [0.25, 0.3) is 0 Å². The van der Waals surface area contributed by atoms with E-state index >= 15 is 0 Å². The molecule has 33 heavy (non-hydrogen) atoms. The van der Waals surface area contributed by atoms with Gasteiger partial charge in [0.1, 0.15) is 5.69 Å². The third kappa shape index (κ3) is 4.13. The highest BCUT2D eigenvalue weighted by atomic mass is 19.4. The third-order valence-corrected chi connectivity index (χ3v) is 6.76. The van der Waals surface area contributed by atoms with Gasteiger partial charge in [-0.2, -0.15) is 23.5 Å². The number of anilines is 1. The highest BCUT2D eigenvalue weighted by Gasteiger charge is 2.52. The lowest BCUT2D eigenvalue weighted by Crippen LogP contribution is -2.47. The van der Waals surface area contributed by atoms with Crippen molar-refractivity contribution in [2.45, 2.75) is 19.0 Å². The molecule has 2 N–H and O–H groups in total. The second kappa shape index (κ2) is 8.10. The van der Waals surface area contributed by atoms with Crippen molar-refractivity contribution in [3.05, 3.63) is 47.3 Å². The number of piperidine rings is 1. The third-order valence-electron chi connectivity index (χ3n) is 6.76. The molecule has 2 amide bonds. The molecule has 2 fully saturated rings. The fourth-order valence-corrected chi connectivity index (χ4v) is 4.98. The second-order valence-electron chi connectivity index (χ2n) is 8.70. The van der Waals surface area contributed by atoms with Crippen molar-refractivity contribution >= 4 is 17.5 Å². The van der Waals surface area contributed by atoms with E-state index < -0.39 is 34.5 Å². The van der Waals surface area contributed by atoms with Gasteiger partial charge in [0.15, 0.2) is 0 Å². The zero-order valence-corrected chi connectivity index (χ0v) is 18.0. The number of carbonyl (C=O) groups excluding carboxylic acids is 2. The van der Waals surface area contributed by atoms with E-state index in [2.05, 4.69) is 5.10 Å².